The van der Waals surface area contributed by atoms with E-state index in [1.165, 1.54) is 0 Å². The van der Waals surface area contributed by atoms with Crippen molar-refractivity contribution >= 4 is 16.9 Å². The minimum absolute atomic E-state index is 0.260. The topological polar surface area (TPSA) is 27.7 Å². The molecule has 3 nitrogen and oxygen atoms in total. The van der Waals surface area contributed by atoms with Gasteiger partial charge in [0.1, 0.15) is 0 Å². The van der Waals surface area contributed by atoms with E-state index < -0.39 is 16.9 Å². The lowest BCUT2D eigenvalue weighted by Crippen LogP contribution is -2.30. The van der Waals surface area contributed by atoms with Crippen molar-refractivity contribution in [3.8, 4) is 0 Å². The molecule has 0 aromatic carbocycles. The van der Waals surface area contributed by atoms with Gasteiger partial charge in [-0.15, -0.1) is 0 Å². The molecule has 0 bridgehead atoms. The second-order valence-corrected chi connectivity index (χ2v) is 10.4. The summed E-state index contributed by atoms with van der Waals surface area (Å²) in [6.45, 7) is 11.4. The van der Waals surface area contributed by atoms with E-state index in [-0.39, 0.29) is 6.10 Å². The standard InChI is InChI=1S/C8H19O3PSi/c1-7-6-9-12(10-8(7)2)11-13(3,4)5/h7-8H,6H2,1-5H3. The van der Waals surface area contributed by atoms with Crippen LogP contribution in [0.2, 0.25) is 19.6 Å². The lowest BCUT2D eigenvalue weighted by Gasteiger charge is -2.33. The van der Waals surface area contributed by atoms with Crippen molar-refractivity contribution in [3.63, 3.8) is 0 Å². The van der Waals surface area contributed by atoms with Crippen LogP contribution in [0.3, 0.4) is 0 Å². The summed E-state index contributed by atoms with van der Waals surface area (Å²) in [5.41, 5.74) is 0. The maximum atomic E-state index is 5.76. The van der Waals surface area contributed by atoms with Crippen molar-refractivity contribution in [1.29, 1.82) is 0 Å². The lowest BCUT2D eigenvalue weighted by atomic mass is 10.1. The van der Waals surface area contributed by atoms with Gasteiger partial charge in [0.2, 0.25) is 0 Å². The molecule has 0 amide bonds. The summed E-state index contributed by atoms with van der Waals surface area (Å²) in [6, 6.07) is 0. The van der Waals surface area contributed by atoms with Crippen molar-refractivity contribution in [2.24, 2.45) is 5.92 Å². The highest BCUT2D eigenvalue weighted by Gasteiger charge is 2.31. The second-order valence-electron chi connectivity index (χ2n) is 4.51. The zero-order valence-corrected chi connectivity index (χ0v) is 10.9. The zero-order valence-electron chi connectivity index (χ0n) is 9.03. The number of hydrogen-bond acceptors (Lipinski definition) is 3. The van der Waals surface area contributed by atoms with Crippen molar-refractivity contribution in [1.82, 2.24) is 0 Å². The molecule has 78 valence electrons. The fraction of sp³-hybridized carbons (Fsp3) is 1.00. The maximum Gasteiger partial charge on any atom is 0.322 e. The molecule has 3 atom stereocenters. The smallest absolute Gasteiger partial charge is 0.322 e. The van der Waals surface area contributed by atoms with Crippen LogP contribution in [-0.4, -0.2) is 21.0 Å². The first-order valence-electron chi connectivity index (χ1n) is 4.67. The predicted molar refractivity (Wildman–Crippen MR) is 57.0 cm³/mol. The summed E-state index contributed by atoms with van der Waals surface area (Å²) in [6.07, 6.45) is 0.260. The van der Waals surface area contributed by atoms with Gasteiger partial charge in [-0.3, -0.25) is 0 Å². The van der Waals surface area contributed by atoms with E-state index in [1.54, 1.807) is 0 Å². The van der Waals surface area contributed by atoms with Crippen LogP contribution in [0.1, 0.15) is 13.8 Å². The molecular weight excluding hydrogens is 203 g/mol. The molecule has 0 radical (unpaired) electrons. The molecule has 13 heavy (non-hydrogen) atoms. The van der Waals surface area contributed by atoms with E-state index in [2.05, 4.69) is 33.5 Å². The van der Waals surface area contributed by atoms with Gasteiger partial charge in [-0.2, -0.15) is 0 Å². The van der Waals surface area contributed by atoms with Gasteiger partial charge in [0.25, 0.3) is 0 Å². The van der Waals surface area contributed by atoms with Gasteiger partial charge >= 0.3 is 8.60 Å². The molecular formula is C8H19O3PSi. The minimum Gasteiger partial charge on any atom is -0.355 e. The number of hydrogen-bond donors (Lipinski definition) is 0. The zero-order chi connectivity index (χ0) is 10.1. The highest BCUT2D eigenvalue weighted by atomic mass is 31.2. The van der Waals surface area contributed by atoms with Gasteiger partial charge in [0.15, 0.2) is 8.32 Å². The summed E-state index contributed by atoms with van der Waals surface area (Å²) in [5, 5.41) is 0. The van der Waals surface area contributed by atoms with Gasteiger partial charge < -0.3 is 13.3 Å². The highest BCUT2D eigenvalue weighted by Crippen LogP contribution is 2.48. The van der Waals surface area contributed by atoms with Crippen LogP contribution >= 0.6 is 8.60 Å². The summed E-state index contributed by atoms with van der Waals surface area (Å²) in [4.78, 5) is 0. The first-order chi connectivity index (χ1) is 5.88. The Bertz CT molecular complexity index is 171. The van der Waals surface area contributed by atoms with E-state index in [4.69, 9.17) is 13.3 Å². The van der Waals surface area contributed by atoms with Crippen LogP contribution in [0.15, 0.2) is 0 Å². The Morgan fingerprint density at radius 2 is 1.92 bits per heavy atom. The van der Waals surface area contributed by atoms with Gasteiger partial charge in [-0.25, -0.2) is 0 Å². The molecule has 1 rings (SSSR count). The maximum absolute atomic E-state index is 5.76. The summed E-state index contributed by atoms with van der Waals surface area (Å²) < 4.78 is 16.9. The molecule has 0 spiro atoms. The molecule has 1 heterocycles. The molecule has 0 aliphatic carbocycles. The Hall–Kier alpha value is 0.527. The first-order valence-corrected chi connectivity index (χ1v) is 9.18. The molecule has 0 N–H and O–H groups in total. The molecule has 0 aromatic heterocycles. The van der Waals surface area contributed by atoms with E-state index in [0.717, 1.165) is 6.61 Å². The monoisotopic (exact) mass is 222 g/mol. The first kappa shape index (κ1) is 11.6. The largest absolute Gasteiger partial charge is 0.355 e. The summed E-state index contributed by atoms with van der Waals surface area (Å²) >= 11 is 0. The molecule has 1 aliphatic rings. The molecule has 0 saturated carbocycles. The van der Waals surface area contributed by atoms with Crippen LogP contribution in [0.5, 0.6) is 0 Å². The minimum atomic E-state index is -1.52. The van der Waals surface area contributed by atoms with Gasteiger partial charge in [0.05, 0.1) is 12.7 Å². The Kier molecular flexibility index (Phi) is 3.90. The van der Waals surface area contributed by atoms with Crippen molar-refractivity contribution in [2.75, 3.05) is 6.61 Å². The van der Waals surface area contributed by atoms with E-state index >= 15 is 0 Å². The Morgan fingerprint density at radius 3 is 2.38 bits per heavy atom. The Balaban J connectivity index is 2.38. The van der Waals surface area contributed by atoms with Crippen LogP contribution < -0.4 is 0 Å². The lowest BCUT2D eigenvalue weighted by molar-refractivity contribution is 0.0458. The third kappa shape index (κ3) is 4.04. The molecule has 3 unspecified atom stereocenters. The molecule has 1 saturated heterocycles. The van der Waals surface area contributed by atoms with E-state index in [0.29, 0.717) is 5.92 Å². The molecule has 5 heteroatoms. The third-order valence-corrected chi connectivity index (χ3v) is 5.50. The average Bonchev–Trinajstić information content (AvgIpc) is 1.94. The third-order valence-electron chi connectivity index (χ3n) is 1.84. The molecule has 1 aliphatic heterocycles. The van der Waals surface area contributed by atoms with E-state index in [1.807, 2.05) is 0 Å². The van der Waals surface area contributed by atoms with Crippen LogP contribution in [0.4, 0.5) is 0 Å². The normalized spacial score (nSPS) is 36.2. The highest BCUT2D eigenvalue weighted by molar-refractivity contribution is 7.43. The summed E-state index contributed by atoms with van der Waals surface area (Å²) in [5.74, 6) is 0.476. The van der Waals surface area contributed by atoms with Crippen LogP contribution in [0.25, 0.3) is 0 Å². The number of rotatable bonds is 2. The fourth-order valence-electron chi connectivity index (χ4n) is 0.855. The van der Waals surface area contributed by atoms with Gasteiger partial charge in [-0.1, -0.05) is 6.92 Å². The Labute approximate surface area is 82.9 Å². The quantitative estimate of drug-likeness (QED) is 0.530. The Morgan fingerprint density at radius 1 is 1.31 bits per heavy atom. The predicted octanol–water partition coefficient (Wildman–Crippen LogP) is 3.14. The van der Waals surface area contributed by atoms with Crippen molar-refractivity contribution in [3.05, 3.63) is 0 Å². The fourth-order valence-corrected chi connectivity index (χ4v) is 3.92. The SMILES string of the molecule is CC1COP(O[Si](C)(C)C)OC1C. The van der Waals surface area contributed by atoms with Crippen molar-refractivity contribution < 1.29 is 13.3 Å². The average molecular weight is 222 g/mol. The van der Waals surface area contributed by atoms with E-state index in [9.17, 15) is 0 Å². The van der Waals surface area contributed by atoms with Crippen LogP contribution in [0, 0.1) is 5.92 Å². The molecule has 0 aromatic rings. The second kappa shape index (κ2) is 4.37. The molecule has 1 fully saturated rings. The van der Waals surface area contributed by atoms with Gasteiger partial charge in [0, 0.05) is 5.92 Å². The summed E-state index contributed by atoms with van der Waals surface area (Å²) in [7, 11) is -2.58. The van der Waals surface area contributed by atoms with Crippen LogP contribution in [-0.2, 0) is 13.3 Å². The van der Waals surface area contributed by atoms with Crippen molar-refractivity contribution in [2.45, 2.75) is 39.6 Å². The van der Waals surface area contributed by atoms with Gasteiger partial charge in [-0.05, 0) is 26.6 Å².